The van der Waals surface area contributed by atoms with Crippen LogP contribution in [-0.2, 0) is 7.05 Å². The van der Waals surface area contributed by atoms with Gasteiger partial charge in [-0.25, -0.2) is 4.39 Å². The van der Waals surface area contributed by atoms with Gasteiger partial charge in [-0.2, -0.15) is 5.10 Å². The molecule has 1 aromatic heterocycles. The highest BCUT2D eigenvalue weighted by atomic mass is 79.9. The largest absolute Gasteiger partial charge is 0.396 e. The van der Waals surface area contributed by atoms with Gasteiger partial charge in [-0.3, -0.25) is 4.68 Å². The molecule has 0 fully saturated rings. The first-order valence-electron chi connectivity index (χ1n) is 4.32. The summed E-state index contributed by atoms with van der Waals surface area (Å²) in [5.74, 6) is -0.338. The van der Waals surface area contributed by atoms with Gasteiger partial charge in [0.2, 0.25) is 0 Å². The summed E-state index contributed by atoms with van der Waals surface area (Å²) >= 11 is 3.20. The maximum absolute atomic E-state index is 13.6. The van der Waals surface area contributed by atoms with Gasteiger partial charge in [-0.15, -0.1) is 0 Å². The lowest BCUT2D eigenvalue weighted by atomic mass is 10.1. The highest BCUT2D eigenvalue weighted by Gasteiger charge is 2.11. The van der Waals surface area contributed by atoms with E-state index in [2.05, 4.69) is 21.0 Å². The van der Waals surface area contributed by atoms with Crippen LogP contribution in [0.4, 0.5) is 10.1 Å². The number of nitrogens with two attached hydrogens (primary N) is 1. The minimum absolute atomic E-state index is 0.338. The van der Waals surface area contributed by atoms with E-state index in [4.69, 9.17) is 5.73 Å². The van der Waals surface area contributed by atoms with Crippen molar-refractivity contribution in [1.29, 1.82) is 0 Å². The van der Waals surface area contributed by atoms with Gasteiger partial charge in [0.15, 0.2) is 0 Å². The number of hydrogen-bond donors (Lipinski definition) is 1. The molecule has 0 atom stereocenters. The second-order valence-electron chi connectivity index (χ2n) is 3.23. The van der Waals surface area contributed by atoms with E-state index in [1.54, 1.807) is 30.1 Å². The molecule has 3 nitrogen and oxygen atoms in total. The van der Waals surface area contributed by atoms with Crippen molar-refractivity contribution >= 4 is 21.6 Å². The van der Waals surface area contributed by atoms with Crippen molar-refractivity contribution in [3.8, 4) is 11.3 Å². The predicted octanol–water partition coefficient (Wildman–Crippen LogP) is 2.57. The topological polar surface area (TPSA) is 43.8 Å². The summed E-state index contributed by atoms with van der Waals surface area (Å²) in [6, 6.07) is 4.80. The van der Waals surface area contributed by atoms with Crippen molar-refractivity contribution in [2.24, 2.45) is 7.05 Å². The molecule has 0 spiro atoms. The van der Waals surface area contributed by atoms with Crippen LogP contribution in [0.5, 0.6) is 0 Å². The molecular weight excluding hydrogens is 261 g/mol. The van der Waals surface area contributed by atoms with Gasteiger partial charge in [-0.05, 0) is 18.2 Å². The zero-order valence-corrected chi connectivity index (χ0v) is 9.62. The minimum Gasteiger partial charge on any atom is -0.396 e. The molecule has 78 valence electrons. The van der Waals surface area contributed by atoms with Crippen molar-refractivity contribution in [3.63, 3.8) is 0 Å². The van der Waals surface area contributed by atoms with Crippen LogP contribution in [-0.4, -0.2) is 9.78 Å². The van der Waals surface area contributed by atoms with Gasteiger partial charge in [0.05, 0.1) is 5.69 Å². The Balaban J connectivity index is 2.59. The quantitative estimate of drug-likeness (QED) is 0.865. The Hall–Kier alpha value is -1.36. The Morgan fingerprint density at radius 3 is 2.73 bits per heavy atom. The smallest absolute Gasteiger partial charge is 0.133 e. The molecule has 2 N–H and O–H groups in total. The van der Waals surface area contributed by atoms with Crippen LogP contribution in [0.2, 0.25) is 0 Å². The second-order valence-corrected chi connectivity index (χ2v) is 4.15. The van der Waals surface area contributed by atoms with Crippen LogP contribution in [0.3, 0.4) is 0 Å². The lowest BCUT2D eigenvalue weighted by Crippen LogP contribution is -1.91. The van der Waals surface area contributed by atoms with Crippen LogP contribution < -0.4 is 5.73 Å². The number of anilines is 1. The Kier molecular flexibility index (Phi) is 2.48. The number of aryl methyl sites for hydroxylation is 1. The fourth-order valence-corrected chi connectivity index (χ4v) is 1.73. The third-order valence-corrected chi connectivity index (χ3v) is 2.54. The van der Waals surface area contributed by atoms with Crippen LogP contribution in [0.25, 0.3) is 11.3 Å². The molecule has 0 saturated carbocycles. The van der Waals surface area contributed by atoms with Crippen LogP contribution in [0.1, 0.15) is 0 Å². The van der Waals surface area contributed by atoms with Crippen molar-refractivity contribution < 1.29 is 4.39 Å². The number of hydrogen-bond acceptors (Lipinski definition) is 2. The highest BCUT2D eigenvalue weighted by Crippen LogP contribution is 2.28. The Morgan fingerprint density at radius 1 is 1.47 bits per heavy atom. The van der Waals surface area contributed by atoms with Gasteiger partial charge in [0.1, 0.15) is 11.5 Å². The Labute approximate surface area is 94.8 Å². The number of nitrogen functional groups attached to an aromatic ring is 1. The van der Waals surface area contributed by atoms with Crippen molar-refractivity contribution in [2.45, 2.75) is 0 Å². The second kappa shape index (κ2) is 3.66. The number of rotatable bonds is 1. The summed E-state index contributed by atoms with van der Waals surface area (Å²) in [4.78, 5) is 0. The molecule has 5 heteroatoms. The number of benzene rings is 1. The molecule has 1 heterocycles. The molecule has 0 amide bonds. The lowest BCUT2D eigenvalue weighted by molar-refractivity contribution is 0.629. The molecule has 15 heavy (non-hydrogen) atoms. The third-order valence-electron chi connectivity index (χ3n) is 2.04. The van der Waals surface area contributed by atoms with E-state index in [9.17, 15) is 4.39 Å². The standard InChI is InChI=1S/C10H9BrFN3/c1-15-5-9(13)10(14-15)7-3-2-6(11)4-8(7)12/h2-5H,13H2,1H3. The van der Waals surface area contributed by atoms with E-state index in [0.29, 0.717) is 21.4 Å². The van der Waals surface area contributed by atoms with E-state index in [1.165, 1.54) is 6.07 Å². The molecule has 0 radical (unpaired) electrons. The van der Waals surface area contributed by atoms with E-state index in [-0.39, 0.29) is 5.82 Å². The average Bonchev–Trinajstić information content (AvgIpc) is 2.45. The van der Waals surface area contributed by atoms with E-state index < -0.39 is 0 Å². The van der Waals surface area contributed by atoms with Crippen molar-refractivity contribution in [2.75, 3.05) is 5.73 Å². The monoisotopic (exact) mass is 269 g/mol. The summed E-state index contributed by atoms with van der Waals surface area (Å²) in [6.45, 7) is 0. The summed E-state index contributed by atoms with van der Waals surface area (Å²) in [5.41, 5.74) is 7.08. The van der Waals surface area contributed by atoms with E-state index in [0.717, 1.165) is 0 Å². The molecule has 2 rings (SSSR count). The summed E-state index contributed by atoms with van der Waals surface area (Å²) in [6.07, 6.45) is 1.65. The molecule has 2 aromatic rings. The maximum Gasteiger partial charge on any atom is 0.133 e. The zero-order chi connectivity index (χ0) is 11.0. The fraction of sp³-hybridized carbons (Fsp3) is 0.100. The molecule has 0 aliphatic heterocycles. The normalized spacial score (nSPS) is 10.6. The van der Waals surface area contributed by atoms with E-state index >= 15 is 0 Å². The molecule has 0 unspecified atom stereocenters. The number of halogens is 2. The molecule has 1 aromatic carbocycles. The first-order chi connectivity index (χ1) is 7.08. The van der Waals surface area contributed by atoms with Gasteiger partial charge in [0.25, 0.3) is 0 Å². The van der Waals surface area contributed by atoms with Crippen LogP contribution >= 0.6 is 15.9 Å². The third kappa shape index (κ3) is 1.87. The van der Waals surface area contributed by atoms with Crippen molar-refractivity contribution in [3.05, 3.63) is 34.7 Å². The average molecular weight is 270 g/mol. The molecule has 0 bridgehead atoms. The van der Waals surface area contributed by atoms with E-state index in [1.807, 2.05) is 0 Å². The highest BCUT2D eigenvalue weighted by molar-refractivity contribution is 9.10. The van der Waals surface area contributed by atoms with Gasteiger partial charge >= 0.3 is 0 Å². The number of nitrogens with zero attached hydrogens (tertiary/aromatic N) is 2. The van der Waals surface area contributed by atoms with Crippen LogP contribution in [0, 0.1) is 5.82 Å². The molecule has 0 aliphatic carbocycles. The molecule has 0 aliphatic rings. The first-order valence-corrected chi connectivity index (χ1v) is 5.12. The fourth-order valence-electron chi connectivity index (χ4n) is 1.40. The van der Waals surface area contributed by atoms with Gasteiger partial charge < -0.3 is 5.73 Å². The number of aromatic nitrogens is 2. The van der Waals surface area contributed by atoms with Gasteiger partial charge in [0, 0.05) is 23.3 Å². The molecular formula is C10H9BrFN3. The Bertz CT molecular complexity index is 507. The van der Waals surface area contributed by atoms with Gasteiger partial charge in [-0.1, -0.05) is 15.9 Å². The summed E-state index contributed by atoms with van der Waals surface area (Å²) < 4.78 is 15.8. The predicted molar refractivity (Wildman–Crippen MR) is 60.7 cm³/mol. The lowest BCUT2D eigenvalue weighted by Gasteiger charge is -2.01. The molecule has 0 saturated heterocycles. The minimum atomic E-state index is -0.338. The first kappa shape index (κ1) is 10.2. The SMILES string of the molecule is Cn1cc(N)c(-c2ccc(Br)cc2F)n1. The van der Waals surface area contributed by atoms with Crippen molar-refractivity contribution in [1.82, 2.24) is 9.78 Å². The summed E-state index contributed by atoms with van der Waals surface area (Å²) in [5, 5.41) is 4.11. The summed E-state index contributed by atoms with van der Waals surface area (Å²) in [7, 11) is 1.75. The zero-order valence-electron chi connectivity index (χ0n) is 8.04. The van der Waals surface area contributed by atoms with Crippen LogP contribution in [0.15, 0.2) is 28.9 Å². The Morgan fingerprint density at radius 2 is 2.20 bits per heavy atom. The maximum atomic E-state index is 13.6.